The van der Waals surface area contributed by atoms with Crippen LogP contribution in [0.2, 0.25) is 0 Å². The van der Waals surface area contributed by atoms with Gasteiger partial charge in [-0.1, -0.05) is 18.2 Å². The van der Waals surface area contributed by atoms with E-state index in [0.29, 0.717) is 0 Å². The van der Waals surface area contributed by atoms with Gasteiger partial charge in [-0.15, -0.1) is 0 Å². The second-order valence-corrected chi connectivity index (χ2v) is 3.05. The Hall–Kier alpha value is -1.55. The summed E-state index contributed by atoms with van der Waals surface area (Å²) in [5, 5.41) is 13.9. The van der Waals surface area contributed by atoms with Crippen LogP contribution in [0.25, 0.3) is 0 Å². The summed E-state index contributed by atoms with van der Waals surface area (Å²) in [4.78, 5) is 11.2. The first kappa shape index (κ1) is 10.5. The molecule has 1 aromatic carbocycles. The van der Waals surface area contributed by atoms with Gasteiger partial charge in [-0.2, -0.15) is 0 Å². The number of carbonyl (C=O) groups is 1. The molecule has 1 rings (SSSR count). The van der Waals surface area contributed by atoms with Crippen molar-refractivity contribution >= 4 is 11.7 Å². The summed E-state index contributed by atoms with van der Waals surface area (Å²) in [7, 11) is 0. The van der Waals surface area contributed by atoms with E-state index in [1.54, 1.807) is 19.1 Å². The molecule has 0 aliphatic rings. The number of hydrogen-bond acceptors (Lipinski definition) is 2. The number of nitrogens with one attached hydrogen (secondary N) is 2. The summed E-state index contributed by atoms with van der Waals surface area (Å²) >= 11 is 0. The molecule has 0 spiro atoms. The number of rotatable bonds is 3. The Morgan fingerprint density at radius 3 is 2.64 bits per heavy atom. The SMILES string of the molecule is C[C@H](CO)NC(=O)Nc1ccccc1. The number of amides is 2. The summed E-state index contributed by atoms with van der Waals surface area (Å²) in [5.74, 6) is 0. The van der Waals surface area contributed by atoms with Gasteiger partial charge >= 0.3 is 6.03 Å². The van der Waals surface area contributed by atoms with Crippen LogP contribution < -0.4 is 10.6 Å². The van der Waals surface area contributed by atoms with Crippen LogP contribution in [0.3, 0.4) is 0 Å². The van der Waals surface area contributed by atoms with E-state index in [-0.39, 0.29) is 18.7 Å². The number of benzene rings is 1. The fourth-order valence-corrected chi connectivity index (χ4v) is 0.958. The summed E-state index contributed by atoms with van der Waals surface area (Å²) in [6.07, 6.45) is 0. The van der Waals surface area contributed by atoms with Gasteiger partial charge in [0.2, 0.25) is 0 Å². The molecular formula is C10H14N2O2. The van der Waals surface area contributed by atoms with Gasteiger partial charge in [-0.3, -0.25) is 0 Å². The van der Waals surface area contributed by atoms with Crippen molar-refractivity contribution in [1.82, 2.24) is 5.32 Å². The van der Waals surface area contributed by atoms with Crippen molar-refractivity contribution in [3.05, 3.63) is 30.3 Å². The highest BCUT2D eigenvalue weighted by Crippen LogP contribution is 2.04. The minimum atomic E-state index is -0.308. The lowest BCUT2D eigenvalue weighted by Gasteiger charge is -2.11. The van der Waals surface area contributed by atoms with E-state index in [1.165, 1.54) is 0 Å². The van der Waals surface area contributed by atoms with Crippen molar-refractivity contribution in [3.63, 3.8) is 0 Å². The molecular weight excluding hydrogens is 180 g/mol. The lowest BCUT2D eigenvalue weighted by Crippen LogP contribution is -2.38. The molecule has 1 atom stereocenters. The summed E-state index contributed by atoms with van der Waals surface area (Å²) in [6, 6.07) is 8.60. The number of carbonyl (C=O) groups excluding carboxylic acids is 1. The molecule has 0 saturated carbocycles. The molecule has 0 bridgehead atoms. The van der Waals surface area contributed by atoms with Crippen molar-refractivity contribution in [1.29, 1.82) is 0 Å². The fourth-order valence-electron chi connectivity index (χ4n) is 0.958. The second kappa shape index (κ2) is 5.24. The van der Waals surface area contributed by atoms with Gasteiger partial charge in [0.15, 0.2) is 0 Å². The zero-order chi connectivity index (χ0) is 10.4. The summed E-state index contributed by atoms with van der Waals surface area (Å²) in [5.41, 5.74) is 0.732. The third-order valence-electron chi connectivity index (χ3n) is 1.68. The van der Waals surface area contributed by atoms with Crippen molar-refractivity contribution in [2.75, 3.05) is 11.9 Å². The van der Waals surface area contributed by atoms with E-state index in [1.807, 2.05) is 18.2 Å². The van der Waals surface area contributed by atoms with E-state index in [2.05, 4.69) is 10.6 Å². The Kier molecular flexibility index (Phi) is 3.94. The van der Waals surface area contributed by atoms with Gasteiger partial charge in [0.25, 0.3) is 0 Å². The Morgan fingerprint density at radius 2 is 2.07 bits per heavy atom. The maximum atomic E-state index is 11.2. The predicted octanol–water partition coefficient (Wildman–Crippen LogP) is 1.19. The predicted molar refractivity (Wildman–Crippen MR) is 55.1 cm³/mol. The zero-order valence-corrected chi connectivity index (χ0v) is 8.03. The van der Waals surface area contributed by atoms with Gasteiger partial charge < -0.3 is 15.7 Å². The Labute approximate surface area is 82.9 Å². The van der Waals surface area contributed by atoms with Gasteiger partial charge in [0.1, 0.15) is 0 Å². The number of anilines is 1. The minimum absolute atomic E-state index is 0.0673. The van der Waals surface area contributed by atoms with Crippen molar-refractivity contribution in [2.24, 2.45) is 0 Å². The number of aliphatic hydroxyl groups excluding tert-OH is 1. The molecule has 0 radical (unpaired) electrons. The molecule has 0 aliphatic carbocycles. The Morgan fingerprint density at radius 1 is 1.43 bits per heavy atom. The maximum absolute atomic E-state index is 11.2. The number of aliphatic hydroxyl groups is 1. The van der Waals surface area contributed by atoms with Gasteiger partial charge in [0, 0.05) is 5.69 Å². The van der Waals surface area contributed by atoms with Gasteiger partial charge in [0.05, 0.1) is 12.6 Å². The highest BCUT2D eigenvalue weighted by molar-refractivity contribution is 5.89. The first-order valence-electron chi connectivity index (χ1n) is 4.46. The number of para-hydroxylation sites is 1. The fraction of sp³-hybridized carbons (Fsp3) is 0.300. The average molecular weight is 194 g/mol. The van der Waals surface area contributed by atoms with Crippen LogP contribution in [0.1, 0.15) is 6.92 Å². The topological polar surface area (TPSA) is 61.4 Å². The first-order chi connectivity index (χ1) is 6.72. The van der Waals surface area contributed by atoms with E-state index in [0.717, 1.165) is 5.69 Å². The molecule has 2 amide bonds. The van der Waals surface area contributed by atoms with E-state index in [9.17, 15) is 4.79 Å². The quantitative estimate of drug-likeness (QED) is 0.676. The molecule has 0 heterocycles. The summed E-state index contributed by atoms with van der Waals surface area (Å²) < 4.78 is 0. The second-order valence-electron chi connectivity index (χ2n) is 3.05. The van der Waals surface area contributed by atoms with Gasteiger partial charge in [-0.05, 0) is 19.1 Å². The molecule has 0 aliphatic heterocycles. The lowest BCUT2D eigenvalue weighted by atomic mass is 10.3. The maximum Gasteiger partial charge on any atom is 0.319 e. The largest absolute Gasteiger partial charge is 0.394 e. The van der Waals surface area contributed by atoms with Crippen LogP contribution in [0.5, 0.6) is 0 Å². The van der Waals surface area contributed by atoms with E-state index >= 15 is 0 Å². The molecule has 76 valence electrons. The summed E-state index contributed by atoms with van der Waals surface area (Å²) in [6.45, 7) is 1.66. The van der Waals surface area contributed by atoms with Gasteiger partial charge in [-0.25, -0.2) is 4.79 Å². The van der Waals surface area contributed by atoms with Crippen molar-refractivity contribution in [3.8, 4) is 0 Å². The molecule has 3 N–H and O–H groups in total. The molecule has 1 aromatic rings. The van der Waals surface area contributed by atoms with E-state index in [4.69, 9.17) is 5.11 Å². The van der Waals surface area contributed by atoms with Crippen molar-refractivity contribution < 1.29 is 9.90 Å². The number of urea groups is 1. The normalized spacial score (nSPS) is 11.9. The minimum Gasteiger partial charge on any atom is -0.394 e. The average Bonchev–Trinajstić information content (AvgIpc) is 2.19. The van der Waals surface area contributed by atoms with Crippen LogP contribution in [0.4, 0.5) is 10.5 Å². The monoisotopic (exact) mass is 194 g/mol. The molecule has 0 saturated heterocycles. The molecule has 0 fully saturated rings. The molecule has 4 heteroatoms. The molecule has 4 nitrogen and oxygen atoms in total. The smallest absolute Gasteiger partial charge is 0.319 e. The number of hydrogen-bond donors (Lipinski definition) is 3. The zero-order valence-electron chi connectivity index (χ0n) is 8.03. The molecule has 0 unspecified atom stereocenters. The van der Waals surface area contributed by atoms with Crippen molar-refractivity contribution in [2.45, 2.75) is 13.0 Å². The van der Waals surface area contributed by atoms with Crippen LogP contribution >= 0.6 is 0 Å². The third kappa shape index (κ3) is 3.45. The van der Waals surface area contributed by atoms with Crippen LogP contribution in [0.15, 0.2) is 30.3 Å². The highest BCUT2D eigenvalue weighted by atomic mass is 16.3. The first-order valence-corrected chi connectivity index (χ1v) is 4.46. The standard InChI is InChI=1S/C10H14N2O2/c1-8(7-13)11-10(14)12-9-5-3-2-4-6-9/h2-6,8,13H,7H2,1H3,(H2,11,12,14)/t8-/m1/s1. The molecule has 0 aromatic heterocycles. The Balaban J connectivity index is 2.42. The Bertz CT molecular complexity index is 287. The van der Waals surface area contributed by atoms with E-state index < -0.39 is 0 Å². The molecule has 14 heavy (non-hydrogen) atoms. The van der Waals surface area contributed by atoms with Crippen LogP contribution in [0, 0.1) is 0 Å². The lowest BCUT2D eigenvalue weighted by molar-refractivity contribution is 0.229. The highest BCUT2D eigenvalue weighted by Gasteiger charge is 2.04. The third-order valence-corrected chi connectivity index (χ3v) is 1.68. The van der Waals surface area contributed by atoms with Crippen LogP contribution in [-0.4, -0.2) is 23.8 Å². The van der Waals surface area contributed by atoms with Crippen LogP contribution in [-0.2, 0) is 0 Å².